The van der Waals surface area contributed by atoms with Crippen molar-refractivity contribution in [2.75, 3.05) is 19.8 Å². The third kappa shape index (κ3) is 2.59. The number of hydrogen-bond acceptors (Lipinski definition) is 5. The number of aromatic carboxylic acids is 1. The Kier molecular flexibility index (Phi) is 3.44. The van der Waals surface area contributed by atoms with Crippen LogP contribution in [-0.4, -0.2) is 40.8 Å². The molecule has 3 rings (SSSR count). The van der Waals surface area contributed by atoms with Gasteiger partial charge in [0.1, 0.15) is 5.82 Å². The maximum Gasteiger partial charge on any atom is 0.354 e. The van der Waals surface area contributed by atoms with Crippen molar-refractivity contribution in [2.45, 2.75) is 25.8 Å². The highest BCUT2D eigenvalue weighted by Crippen LogP contribution is 2.20. The Balaban J connectivity index is 1.91. The van der Waals surface area contributed by atoms with E-state index in [4.69, 9.17) is 4.74 Å². The summed E-state index contributed by atoms with van der Waals surface area (Å²) in [5.41, 5.74) is 1.79. The van der Waals surface area contributed by atoms with E-state index in [-0.39, 0.29) is 5.69 Å². The fraction of sp³-hybridized carbons (Fsp3) is 0.615. The molecule has 0 amide bonds. The summed E-state index contributed by atoms with van der Waals surface area (Å²) in [7, 11) is 0. The third-order valence-electron chi connectivity index (χ3n) is 3.68. The number of carboxylic acid groups (broad SMARTS) is 1. The van der Waals surface area contributed by atoms with Gasteiger partial charge in [0.15, 0.2) is 5.69 Å². The van der Waals surface area contributed by atoms with E-state index in [1.165, 1.54) is 0 Å². The molecule has 6 nitrogen and oxygen atoms in total. The SMILES string of the molecule is O=C(O)c1nc(CC2CCOC2)nc2c1CNCC2. The van der Waals surface area contributed by atoms with Gasteiger partial charge in [-0.3, -0.25) is 0 Å². The van der Waals surface area contributed by atoms with Crippen molar-refractivity contribution in [3.8, 4) is 0 Å². The average Bonchev–Trinajstić information content (AvgIpc) is 2.90. The highest BCUT2D eigenvalue weighted by molar-refractivity contribution is 5.87. The van der Waals surface area contributed by atoms with Gasteiger partial charge in [-0.25, -0.2) is 14.8 Å². The standard InChI is InChI=1S/C13H17N3O3/c17-13(18)12-9-6-14-3-1-10(9)15-11(16-12)5-8-2-4-19-7-8/h8,14H,1-7H2,(H,17,18). The molecule has 0 aliphatic carbocycles. The van der Waals surface area contributed by atoms with Crippen LogP contribution in [-0.2, 0) is 24.1 Å². The maximum atomic E-state index is 11.3. The van der Waals surface area contributed by atoms with E-state index in [0.717, 1.165) is 43.9 Å². The molecule has 0 saturated carbocycles. The molecule has 0 aromatic carbocycles. The van der Waals surface area contributed by atoms with E-state index < -0.39 is 5.97 Å². The van der Waals surface area contributed by atoms with Gasteiger partial charge < -0.3 is 15.2 Å². The van der Waals surface area contributed by atoms with E-state index in [0.29, 0.717) is 24.7 Å². The molecule has 3 heterocycles. The quantitative estimate of drug-likeness (QED) is 0.821. The highest BCUT2D eigenvalue weighted by atomic mass is 16.5. The molecule has 19 heavy (non-hydrogen) atoms. The third-order valence-corrected chi connectivity index (χ3v) is 3.68. The lowest BCUT2D eigenvalue weighted by Crippen LogP contribution is -2.28. The van der Waals surface area contributed by atoms with Gasteiger partial charge in [-0.05, 0) is 12.3 Å². The van der Waals surface area contributed by atoms with Crippen molar-refractivity contribution in [3.63, 3.8) is 0 Å². The molecule has 0 bridgehead atoms. The molecular formula is C13H17N3O3. The fourth-order valence-electron chi connectivity index (χ4n) is 2.66. The van der Waals surface area contributed by atoms with Gasteiger partial charge in [-0.1, -0.05) is 0 Å². The molecule has 102 valence electrons. The Hall–Kier alpha value is -1.53. The topological polar surface area (TPSA) is 84.3 Å². The molecule has 1 atom stereocenters. The van der Waals surface area contributed by atoms with Crippen LogP contribution < -0.4 is 5.32 Å². The Morgan fingerprint density at radius 1 is 1.47 bits per heavy atom. The van der Waals surface area contributed by atoms with Gasteiger partial charge in [0.2, 0.25) is 0 Å². The summed E-state index contributed by atoms with van der Waals surface area (Å²) in [5.74, 6) is 0.0984. The molecule has 2 aliphatic rings. The van der Waals surface area contributed by atoms with E-state index in [1.54, 1.807) is 0 Å². The number of hydrogen-bond donors (Lipinski definition) is 2. The average molecular weight is 263 g/mol. The summed E-state index contributed by atoms with van der Waals surface area (Å²) >= 11 is 0. The first-order chi connectivity index (χ1) is 9.24. The van der Waals surface area contributed by atoms with Crippen molar-refractivity contribution in [1.29, 1.82) is 0 Å². The molecule has 6 heteroatoms. The second-order valence-electron chi connectivity index (χ2n) is 5.08. The van der Waals surface area contributed by atoms with Crippen molar-refractivity contribution >= 4 is 5.97 Å². The Labute approximate surface area is 111 Å². The van der Waals surface area contributed by atoms with Crippen molar-refractivity contribution in [1.82, 2.24) is 15.3 Å². The van der Waals surface area contributed by atoms with Crippen molar-refractivity contribution in [2.24, 2.45) is 5.92 Å². The van der Waals surface area contributed by atoms with Gasteiger partial charge in [-0.2, -0.15) is 0 Å². The predicted molar refractivity (Wildman–Crippen MR) is 67.0 cm³/mol. The van der Waals surface area contributed by atoms with E-state index in [1.807, 2.05) is 0 Å². The van der Waals surface area contributed by atoms with Crippen LogP contribution in [0.25, 0.3) is 0 Å². The zero-order chi connectivity index (χ0) is 13.2. The number of carboxylic acids is 1. The number of fused-ring (bicyclic) bond motifs is 1. The first kappa shape index (κ1) is 12.5. The molecule has 2 N–H and O–H groups in total. The van der Waals surface area contributed by atoms with E-state index >= 15 is 0 Å². The highest BCUT2D eigenvalue weighted by Gasteiger charge is 2.24. The minimum Gasteiger partial charge on any atom is -0.476 e. The summed E-state index contributed by atoms with van der Waals surface area (Å²) in [6, 6.07) is 0. The monoisotopic (exact) mass is 263 g/mol. The van der Waals surface area contributed by atoms with Crippen LogP contribution in [0.4, 0.5) is 0 Å². The number of aromatic nitrogens is 2. The van der Waals surface area contributed by atoms with Crippen LogP contribution in [0.1, 0.15) is 34.0 Å². The van der Waals surface area contributed by atoms with Gasteiger partial charge in [-0.15, -0.1) is 0 Å². The largest absolute Gasteiger partial charge is 0.476 e. The van der Waals surface area contributed by atoms with Gasteiger partial charge in [0.05, 0.1) is 5.69 Å². The number of nitrogens with zero attached hydrogens (tertiary/aromatic N) is 2. The summed E-state index contributed by atoms with van der Waals surface area (Å²) < 4.78 is 5.34. The molecule has 1 aromatic rings. The molecule has 1 saturated heterocycles. The van der Waals surface area contributed by atoms with Crippen LogP contribution >= 0.6 is 0 Å². The molecule has 1 aromatic heterocycles. The molecule has 1 fully saturated rings. The summed E-state index contributed by atoms with van der Waals surface area (Å²) in [6.07, 6.45) is 2.48. The summed E-state index contributed by atoms with van der Waals surface area (Å²) in [4.78, 5) is 20.1. The molecule has 0 radical (unpaired) electrons. The Morgan fingerprint density at radius 2 is 2.37 bits per heavy atom. The van der Waals surface area contributed by atoms with Gasteiger partial charge >= 0.3 is 5.97 Å². The van der Waals surface area contributed by atoms with Crippen LogP contribution in [0.3, 0.4) is 0 Å². The normalized spacial score (nSPS) is 22.2. The van der Waals surface area contributed by atoms with Crippen molar-refractivity contribution in [3.05, 3.63) is 22.8 Å². The Bertz CT molecular complexity index is 498. The lowest BCUT2D eigenvalue weighted by atomic mass is 10.0. The van der Waals surface area contributed by atoms with Crippen LogP contribution in [0.15, 0.2) is 0 Å². The predicted octanol–water partition coefficient (Wildman–Crippen LogP) is 0.400. The zero-order valence-corrected chi connectivity index (χ0v) is 10.7. The summed E-state index contributed by atoms with van der Waals surface area (Å²) in [5, 5.41) is 12.4. The van der Waals surface area contributed by atoms with Crippen molar-refractivity contribution < 1.29 is 14.6 Å². The van der Waals surface area contributed by atoms with Gasteiger partial charge in [0.25, 0.3) is 0 Å². The summed E-state index contributed by atoms with van der Waals surface area (Å²) in [6.45, 7) is 2.90. The number of rotatable bonds is 3. The lowest BCUT2D eigenvalue weighted by Gasteiger charge is -2.19. The fourth-order valence-corrected chi connectivity index (χ4v) is 2.66. The second-order valence-corrected chi connectivity index (χ2v) is 5.08. The zero-order valence-electron chi connectivity index (χ0n) is 10.7. The maximum absolute atomic E-state index is 11.3. The first-order valence-electron chi connectivity index (χ1n) is 6.64. The molecule has 0 spiro atoms. The minimum absolute atomic E-state index is 0.158. The minimum atomic E-state index is -0.966. The second kappa shape index (κ2) is 5.22. The smallest absolute Gasteiger partial charge is 0.354 e. The molecule has 1 unspecified atom stereocenters. The lowest BCUT2D eigenvalue weighted by molar-refractivity contribution is 0.0687. The van der Waals surface area contributed by atoms with Crippen LogP contribution in [0.5, 0.6) is 0 Å². The first-order valence-corrected chi connectivity index (χ1v) is 6.64. The number of nitrogens with one attached hydrogen (secondary N) is 1. The Morgan fingerprint density at radius 3 is 3.11 bits per heavy atom. The molecule has 2 aliphatic heterocycles. The van der Waals surface area contributed by atoms with E-state index in [9.17, 15) is 9.90 Å². The van der Waals surface area contributed by atoms with Gasteiger partial charge in [0, 0.05) is 44.7 Å². The molecular weight excluding hydrogens is 246 g/mol. The van der Waals surface area contributed by atoms with Crippen LogP contribution in [0, 0.1) is 5.92 Å². The van der Waals surface area contributed by atoms with Crippen LogP contribution in [0.2, 0.25) is 0 Å². The van der Waals surface area contributed by atoms with E-state index in [2.05, 4.69) is 15.3 Å². The number of ether oxygens (including phenoxy) is 1. The number of carbonyl (C=O) groups is 1.